The summed E-state index contributed by atoms with van der Waals surface area (Å²) in [6.45, 7) is 5.07. The summed E-state index contributed by atoms with van der Waals surface area (Å²) in [6, 6.07) is 9.63. The Kier molecular flexibility index (Phi) is 10.4. The summed E-state index contributed by atoms with van der Waals surface area (Å²) in [5.41, 5.74) is 8.02. The molecule has 0 radical (unpaired) electrons. The van der Waals surface area contributed by atoms with Crippen LogP contribution in [0, 0.1) is 0 Å². The molecule has 8 heteroatoms. The van der Waals surface area contributed by atoms with E-state index < -0.39 is 0 Å². The maximum absolute atomic E-state index is 5.93. The number of nitrogens with zero attached hydrogens (tertiary/aromatic N) is 2. The Morgan fingerprint density at radius 1 is 1.11 bits per heavy atom. The molecule has 1 heterocycles. The third-order valence-electron chi connectivity index (χ3n) is 3.75. The smallest absolute Gasteiger partial charge is 0.213 e. The largest absolute Gasteiger partial charge is 0.493 e. The Labute approximate surface area is 183 Å². The van der Waals surface area contributed by atoms with Crippen LogP contribution < -0.4 is 25.3 Å². The molecule has 0 unspecified atom stereocenters. The molecule has 0 atom stereocenters. The fourth-order valence-corrected chi connectivity index (χ4v) is 2.42. The molecule has 0 aliphatic rings. The molecule has 1 aromatic carbocycles. The second-order valence-corrected chi connectivity index (χ2v) is 6.24. The zero-order valence-corrected chi connectivity index (χ0v) is 19.1. The Morgan fingerprint density at radius 3 is 2.43 bits per heavy atom. The molecule has 2 rings (SSSR count). The van der Waals surface area contributed by atoms with Gasteiger partial charge in [0.05, 0.1) is 26.9 Å². The molecule has 7 nitrogen and oxygen atoms in total. The van der Waals surface area contributed by atoms with E-state index in [1.807, 2.05) is 44.2 Å². The molecule has 0 saturated heterocycles. The number of aliphatic imine (C=N–C) groups is 1. The average Bonchev–Trinajstić information content (AvgIpc) is 2.67. The second kappa shape index (κ2) is 12.3. The van der Waals surface area contributed by atoms with E-state index in [1.54, 1.807) is 20.4 Å². The van der Waals surface area contributed by atoms with E-state index in [4.69, 9.17) is 19.9 Å². The number of rotatable bonds is 9. The lowest BCUT2D eigenvalue weighted by Gasteiger charge is -2.10. The minimum Gasteiger partial charge on any atom is -0.493 e. The van der Waals surface area contributed by atoms with Crippen LogP contribution in [0.5, 0.6) is 17.4 Å². The van der Waals surface area contributed by atoms with Crippen molar-refractivity contribution < 1.29 is 14.2 Å². The van der Waals surface area contributed by atoms with Crippen molar-refractivity contribution in [3.8, 4) is 17.4 Å². The van der Waals surface area contributed by atoms with Crippen molar-refractivity contribution in [2.75, 3.05) is 20.8 Å². The fourth-order valence-electron chi connectivity index (χ4n) is 2.42. The zero-order valence-electron chi connectivity index (χ0n) is 16.8. The van der Waals surface area contributed by atoms with Crippen LogP contribution in [0.4, 0.5) is 0 Å². The molecule has 0 saturated carbocycles. The van der Waals surface area contributed by atoms with Crippen LogP contribution in [0.25, 0.3) is 0 Å². The summed E-state index contributed by atoms with van der Waals surface area (Å²) in [4.78, 5) is 8.59. The van der Waals surface area contributed by atoms with Gasteiger partial charge in [0.2, 0.25) is 5.88 Å². The first-order valence-corrected chi connectivity index (χ1v) is 8.88. The van der Waals surface area contributed by atoms with E-state index in [-0.39, 0.29) is 30.1 Å². The standard InChI is InChI=1S/C20H28N4O3.HI/c1-14(2)27-19-8-6-16(12-23-19)13-24-20(21)22-10-9-15-5-7-17(25-3)18(11-15)26-4;/h5-8,11-12,14H,9-10,13H2,1-4H3,(H3,21,22,24);1H. The van der Waals surface area contributed by atoms with Gasteiger partial charge < -0.3 is 25.3 Å². The maximum atomic E-state index is 5.93. The van der Waals surface area contributed by atoms with Crippen molar-refractivity contribution in [2.45, 2.75) is 32.9 Å². The zero-order chi connectivity index (χ0) is 19.6. The van der Waals surface area contributed by atoms with Gasteiger partial charge in [-0.25, -0.2) is 9.98 Å². The SMILES string of the molecule is COc1ccc(CCNC(N)=NCc2ccc(OC(C)C)nc2)cc1OC.I. The molecule has 2 aromatic rings. The minimum atomic E-state index is 0. The van der Waals surface area contributed by atoms with Crippen LogP contribution in [0.3, 0.4) is 0 Å². The Balaban J connectivity index is 0.00000392. The third kappa shape index (κ3) is 7.79. The molecule has 3 N–H and O–H groups in total. The van der Waals surface area contributed by atoms with Gasteiger partial charge in [0.1, 0.15) is 0 Å². The van der Waals surface area contributed by atoms with Gasteiger partial charge in [-0.3, -0.25) is 0 Å². The van der Waals surface area contributed by atoms with Crippen molar-refractivity contribution in [1.29, 1.82) is 0 Å². The average molecular weight is 500 g/mol. The number of guanidine groups is 1. The van der Waals surface area contributed by atoms with Gasteiger partial charge in [-0.15, -0.1) is 24.0 Å². The first-order chi connectivity index (χ1) is 13.0. The molecule has 0 aliphatic heterocycles. The molecule has 0 amide bonds. The number of nitrogens with one attached hydrogen (secondary N) is 1. The number of pyridine rings is 1. The second-order valence-electron chi connectivity index (χ2n) is 6.24. The number of nitrogens with two attached hydrogens (primary N) is 1. The van der Waals surface area contributed by atoms with Crippen molar-refractivity contribution in [3.63, 3.8) is 0 Å². The molecule has 28 heavy (non-hydrogen) atoms. The van der Waals surface area contributed by atoms with Crippen LogP contribution in [-0.4, -0.2) is 37.8 Å². The van der Waals surface area contributed by atoms with Crippen molar-refractivity contribution in [3.05, 3.63) is 47.7 Å². The summed E-state index contributed by atoms with van der Waals surface area (Å²) < 4.78 is 16.1. The van der Waals surface area contributed by atoms with Crippen LogP contribution in [0.15, 0.2) is 41.5 Å². The van der Waals surface area contributed by atoms with E-state index in [2.05, 4.69) is 15.3 Å². The van der Waals surface area contributed by atoms with E-state index in [9.17, 15) is 0 Å². The molecular weight excluding hydrogens is 471 g/mol. The van der Waals surface area contributed by atoms with Gasteiger partial charge in [-0.2, -0.15) is 0 Å². The van der Waals surface area contributed by atoms with E-state index in [1.165, 1.54) is 0 Å². The lowest BCUT2D eigenvalue weighted by molar-refractivity contribution is 0.232. The predicted molar refractivity (Wildman–Crippen MR) is 122 cm³/mol. The summed E-state index contributed by atoms with van der Waals surface area (Å²) in [5, 5.41) is 3.12. The molecule has 0 spiro atoms. The van der Waals surface area contributed by atoms with Gasteiger partial charge in [0, 0.05) is 18.8 Å². The van der Waals surface area contributed by atoms with Crippen LogP contribution in [-0.2, 0) is 13.0 Å². The summed E-state index contributed by atoms with van der Waals surface area (Å²) >= 11 is 0. The van der Waals surface area contributed by atoms with Crippen LogP contribution in [0.2, 0.25) is 0 Å². The lowest BCUT2D eigenvalue weighted by Crippen LogP contribution is -2.33. The van der Waals surface area contributed by atoms with Crippen LogP contribution >= 0.6 is 24.0 Å². The number of methoxy groups -OCH3 is 2. The van der Waals surface area contributed by atoms with Crippen molar-refractivity contribution in [1.82, 2.24) is 10.3 Å². The fraction of sp³-hybridized carbons (Fsp3) is 0.400. The molecule has 154 valence electrons. The van der Waals surface area contributed by atoms with Gasteiger partial charge >= 0.3 is 0 Å². The van der Waals surface area contributed by atoms with E-state index in [0.29, 0.717) is 36.4 Å². The number of aromatic nitrogens is 1. The minimum absolute atomic E-state index is 0. The molecule has 1 aromatic heterocycles. The lowest BCUT2D eigenvalue weighted by atomic mass is 10.1. The number of hydrogen-bond acceptors (Lipinski definition) is 5. The third-order valence-corrected chi connectivity index (χ3v) is 3.75. The normalized spacial score (nSPS) is 11.0. The molecule has 0 aliphatic carbocycles. The van der Waals surface area contributed by atoms with Crippen LogP contribution in [0.1, 0.15) is 25.0 Å². The van der Waals surface area contributed by atoms with Crippen molar-refractivity contribution >= 4 is 29.9 Å². The highest BCUT2D eigenvalue weighted by atomic mass is 127. The molecular formula is C20H29IN4O3. The number of halogens is 1. The number of benzene rings is 1. The van der Waals surface area contributed by atoms with E-state index >= 15 is 0 Å². The van der Waals surface area contributed by atoms with Gasteiger partial charge in [-0.1, -0.05) is 12.1 Å². The molecule has 0 bridgehead atoms. The van der Waals surface area contributed by atoms with E-state index in [0.717, 1.165) is 17.5 Å². The predicted octanol–water partition coefficient (Wildman–Crippen LogP) is 3.15. The monoisotopic (exact) mass is 500 g/mol. The Hall–Kier alpha value is -2.23. The Morgan fingerprint density at radius 2 is 1.82 bits per heavy atom. The first-order valence-electron chi connectivity index (χ1n) is 8.88. The van der Waals surface area contributed by atoms with Gasteiger partial charge in [0.15, 0.2) is 17.5 Å². The number of ether oxygens (including phenoxy) is 3. The summed E-state index contributed by atoms with van der Waals surface area (Å²) in [6.07, 6.45) is 2.64. The highest BCUT2D eigenvalue weighted by Crippen LogP contribution is 2.27. The maximum Gasteiger partial charge on any atom is 0.213 e. The van der Waals surface area contributed by atoms with Crippen molar-refractivity contribution in [2.24, 2.45) is 10.7 Å². The Bertz CT molecular complexity index is 752. The highest BCUT2D eigenvalue weighted by Gasteiger charge is 2.04. The first kappa shape index (κ1) is 23.8. The topological polar surface area (TPSA) is 91.0 Å². The molecule has 0 fully saturated rings. The summed E-state index contributed by atoms with van der Waals surface area (Å²) in [5.74, 6) is 2.44. The van der Waals surface area contributed by atoms with Gasteiger partial charge in [0.25, 0.3) is 0 Å². The summed E-state index contributed by atoms with van der Waals surface area (Å²) in [7, 11) is 3.25. The number of hydrogen-bond donors (Lipinski definition) is 2. The highest BCUT2D eigenvalue weighted by molar-refractivity contribution is 14.0. The quantitative estimate of drug-likeness (QED) is 0.313. The van der Waals surface area contributed by atoms with Gasteiger partial charge in [-0.05, 0) is 43.5 Å².